The van der Waals surface area contributed by atoms with Gasteiger partial charge in [-0.25, -0.2) is 0 Å². The molecule has 0 spiro atoms. The van der Waals surface area contributed by atoms with Gasteiger partial charge in [-0.15, -0.1) is 0 Å². The van der Waals surface area contributed by atoms with Crippen LogP contribution in [0, 0.1) is 11.8 Å². The first-order valence-corrected chi connectivity index (χ1v) is 8.18. The summed E-state index contributed by atoms with van der Waals surface area (Å²) in [7, 11) is 0. The van der Waals surface area contributed by atoms with E-state index in [2.05, 4.69) is 38.1 Å². The van der Waals surface area contributed by atoms with Gasteiger partial charge in [-0.2, -0.15) is 0 Å². The van der Waals surface area contributed by atoms with Crippen LogP contribution in [0.5, 0.6) is 0 Å². The van der Waals surface area contributed by atoms with Crippen LogP contribution in [-0.4, -0.2) is 12.6 Å². The zero-order valence-electron chi connectivity index (χ0n) is 12.9. The SMILES string of the molecule is CCOC(c1ccccc1)C(N)C1CCCC(CC)C1. The molecule has 1 aromatic carbocycles. The summed E-state index contributed by atoms with van der Waals surface area (Å²) in [4.78, 5) is 0. The van der Waals surface area contributed by atoms with E-state index in [-0.39, 0.29) is 12.1 Å². The Morgan fingerprint density at radius 1 is 1.20 bits per heavy atom. The van der Waals surface area contributed by atoms with E-state index in [0.29, 0.717) is 5.92 Å². The van der Waals surface area contributed by atoms with Crippen molar-refractivity contribution in [2.24, 2.45) is 17.6 Å². The summed E-state index contributed by atoms with van der Waals surface area (Å²) in [5.41, 5.74) is 7.83. The highest BCUT2D eigenvalue weighted by atomic mass is 16.5. The highest BCUT2D eigenvalue weighted by molar-refractivity contribution is 5.19. The van der Waals surface area contributed by atoms with Crippen LogP contribution < -0.4 is 5.73 Å². The van der Waals surface area contributed by atoms with Crippen LogP contribution in [0.25, 0.3) is 0 Å². The van der Waals surface area contributed by atoms with Crippen molar-refractivity contribution in [2.45, 2.75) is 58.1 Å². The molecule has 0 bridgehead atoms. The molecule has 0 aliphatic heterocycles. The van der Waals surface area contributed by atoms with E-state index in [4.69, 9.17) is 10.5 Å². The monoisotopic (exact) mass is 275 g/mol. The summed E-state index contributed by atoms with van der Waals surface area (Å²) in [5, 5.41) is 0. The number of ether oxygens (including phenoxy) is 1. The van der Waals surface area contributed by atoms with Gasteiger partial charge in [-0.3, -0.25) is 0 Å². The van der Waals surface area contributed by atoms with Crippen molar-refractivity contribution in [2.75, 3.05) is 6.61 Å². The summed E-state index contributed by atoms with van der Waals surface area (Å²) in [5.74, 6) is 1.46. The van der Waals surface area contributed by atoms with Gasteiger partial charge < -0.3 is 10.5 Å². The molecule has 4 unspecified atom stereocenters. The molecule has 0 radical (unpaired) electrons. The van der Waals surface area contributed by atoms with Crippen molar-refractivity contribution in [3.8, 4) is 0 Å². The van der Waals surface area contributed by atoms with E-state index in [1.807, 2.05) is 6.07 Å². The third-order valence-electron chi connectivity index (χ3n) is 4.77. The van der Waals surface area contributed by atoms with Gasteiger partial charge in [0.2, 0.25) is 0 Å². The van der Waals surface area contributed by atoms with Gasteiger partial charge in [0.1, 0.15) is 0 Å². The third kappa shape index (κ3) is 3.83. The molecule has 2 rings (SSSR count). The Hall–Kier alpha value is -0.860. The molecule has 1 saturated carbocycles. The summed E-state index contributed by atoms with van der Waals surface area (Å²) in [6, 6.07) is 10.6. The third-order valence-corrected chi connectivity index (χ3v) is 4.77. The maximum absolute atomic E-state index is 6.60. The zero-order valence-corrected chi connectivity index (χ0v) is 12.9. The van der Waals surface area contributed by atoms with Crippen LogP contribution >= 0.6 is 0 Å². The lowest BCUT2D eigenvalue weighted by molar-refractivity contribution is 0.0182. The first-order chi connectivity index (χ1) is 9.76. The lowest BCUT2D eigenvalue weighted by atomic mass is 9.75. The van der Waals surface area contributed by atoms with Crippen LogP contribution in [0.1, 0.15) is 57.6 Å². The minimum Gasteiger partial charge on any atom is -0.372 e. The highest BCUT2D eigenvalue weighted by Crippen LogP contribution is 2.36. The molecular weight excluding hydrogens is 246 g/mol. The van der Waals surface area contributed by atoms with E-state index in [0.717, 1.165) is 12.5 Å². The summed E-state index contributed by atoms with van der Waals surface area (Å²) >= 11 is 0. The Bertz CT molecular complexity index is 378. The molecule has 112 valence electrons. The van der Waals surface area contributed by atoms with Crippen LogP contribution in [0.3, 0.4) is 0 Å². The molecule has 1 aliphatic rings. The first kappa shape index (κ1) is 15.5. The molecule has 2 heteroatoms. The van der Waals surface area contributed by atoms with E-state index >= 15 is 0 Å². The fourth-order valence-corrected chi connectivity index (χ4v) is 3.55. The molecule has 4 atom stereocenters. The fourth-order valence-electron chi connectivity index (χ4n) is 3.55. The largest absolute Gasteiger partial charge is 0.372 e. The summed E-state index contributed by atoms with van der Waals surface area (Å²) < 4.78 is 5.99. The number of rotatable bonds is 6. The average Bonchev–Trinajstić information content (AvgIpc) is 2.53. The van der Waals surface area contributed by atoms with Crippen LogP contribution in [0.2, 0.25) is 0 Å². The molecule has 0 saturated heterocycles. The molecule has 20 heavy (non-hydrogen) atoms. The summed E-state index contributed by atoms with van der Waals surface area (Å²) in [6.07, 6.45) is 6.56. The lowest BCUT2D eigenvalue weighted by Crippen LogP contribution is -2.40. The molecule has 1 fully saturated rings. The van der Waals surface area contributed by atoms with Gasteiger partial charge in [0.15, 0.2) is 0 Å². The maximum atomic E-state index is 6.60. The predicted octanol–water partition coefficient (Wildman–Crippen LogP) is 4.31. The van der Waals surface area contributed by atoms with E-state index in [1.165, 1.54) is 37.7 Å². The van der Waals surface area contributed by atoms with Crippen molar-refractivity contribution < 1.29 is 4.74 Å². The number of nitrogens with two attached hydrogens (primary N) is 1. The van der Waals surface area contributed by atoms with Gasteiger partial charge in [-0.05, 0) is 37.2 Å². The highest BCUT2D eigenvalue weighted by Gasteiger charge is 2.31. The molecule has 2 nitrogen and oxygen atoms in total. The van der Waals surface area contributed by atoms with Crippen molar-refractivity contribution in [1.82, 2.24) is 0 Å². The van der Waals surface area contributed by atoms with Crippen LogP contribution in [0.15, 0.2) is 30.3 Å². The van der Waals surface area contributed by atoms with Gasteiger partial charge in [0.05, 0.1) is 6.10 Å². The molecule has 1 aromatic rings. The topological polar surface area (TPSA) is 35.2 Å². The van der Waals surface area contributed by atoms with Gasteiger partial charge >= 0.3 is 0 Å². The van der Waals surface area contributed by atoms with E-state index in [1.54, 1.807) is 0 Å². The van der Waals surface area contributed by atoms with Crippen molar-refractivity contribution in [1.29, 1.82) is 0 Å². The Balaban J connectivity index is 2.08. The second kappa shape index (κ2) is 7.80. The maximum Gasteiger partial charge on any atom is 0.0978 e. The molecular formula is C18H29NO. The minimum absolute atomic E-state index is 0.0433. The number of benzene rings is 1. The summed E-state index contributed by atoms with van der Waals surface area (Å²) in [6.45, 7) is 5.07. The van der Waals surface area contributed by atoms with Gasteiger partial charge in [0.25, 0.3) is 0 Å². The molecule has 2 N–H and O–H groups in total. The van der Waals surface area contributed by atoms with E-state index < -0.39 is 0 Å². The minimum atomic E-state index is 0.0433. The van der Waals surface area contributed by atoms with Crippen LogP contribution in [0.4, 0.5) is 0 Å². The Morgan fingerprint density at radius 2 is 1.95 bits per heavy atom. The van der Waals surface area contributed by atoms with Crippen molar-refractivity contribution in [3.63, 3.8) is 0 Å². The Labute approximate surface area is 123 Å². The van der Waals surface area contributed by atoms with Crippen molar-refractivity contribution >= 4 is 0 Å². The second-order valence-corrected chi connectivity index (χ2v) is 6.06. The average molecular weight is 275 g/mol. The molecule has 1 aliphatic carbocycles. The quantitative estimate of drug-likeness (QED) is 0.839. The van der Waals surface area contributed by atoms with Gasteiger partial charge in [-0.1, -0.05) is 56.5 Å². The second-order valence-electron chi connectivity index (χ2n) is 6.06. The fraction of sp³-hybridized carbons (Fsp3) is 0.667. The molecule has 0 heterocycles. The van der Waals surface area contributed by atoms with E-state index in [9.17, 15) is 0 Å². The molecule has 0 amide bonds. The normalized spacial score (nSPS) is 26.1. The van der Waals surface area contributed by atoms with Crippen molar-refractivity contribution in [3.05, 3.63) is 35.9 Å². The first-order valence-electron chi connectivity index (χ1n) is 8.18. The van der Waals surface area contributed by atoms with Gasteiger partial charge in [0, 0.05) is 12.6 Å². The molecule has 0 aromatic heterocycles. The standard InChI is InChI=1S/C18H29NO/c1-3-14-9-8-12-16(13-14)17(19)18(20-4-2)15-10-6-5-7-11-15/h5-7,10-11,14,16-18H,3-4,8-9,12-13,19H2,1-2H3. The lowest BCUT2D eigenvalue weighted by Gasteiger charge is -2.36. The number of hydrogen-bond donors (Lipinski definition) is 1. The van der Waals surface area contributed by atoms with Crippen LogP contribution in [-0.2, 0) is 4.74 Å². The zero-order chi connectivity index (χ0) is 14.4. The number of hydrogen-bond acceptors (Lipinski definition) is 2. The predicted molar refractivity (Wildman–Crippen MR) is 84.5 cm³/mol. The smallest absolute Gasteiger partial charge is 0.0978 e. The Morgan fingerprint density at radius 3 is 2.60 bits per heavy atom. The Kier molecular flexibility index (Phi) is 6.06.